The van der Waals surface area contributed by atoms with E-state index in [2.05, 4.69) is 0 Å². The summed E-state index contributed by atoms with van der Waals surface area (Å²) in [7, 11) is 1.55. The molecule has 1 aromatic carbocycles. The van der Waals surface area contributed by atoms with Gasteiger partial charge in [0.1, 0.15) is 6.61 Å². The van der Waals surface area contributed by atoms with Gasteiger partial charge in [-0.3, -0.25) is 4.79 Å². The first-order valence-electron chi connectivity index (χ1n) is 7.80. The third-order valence-corrected chi connectivity index (χ3v) is 5.07. The van der Waals surface area contributed by atoms with Crippen molar-refractivity contribution < 1.29 is 24.2 Å². The number of hydrogen-bond donors (Lipinski definition) is 1. The van der Waals surface area contributed by atoms with Crippen molar-refractivity contribution in [1.82, 2.24) is 4.90 Å². The fourth-order valence-corrected chi connectivity index (χ4v) is 3.86. The van der Waals surface area contributed by atoms with E-state index in [4.69, 9.17) is 14.6 Å². The van der Waals surface area contributed by atoms with Crippen LogP contribution in [0.4, 0.5) is 4.79 Å². The molecule has 1 aliphatic carbocycles. The molecule has 23 heavy (non-hydrogen) atoms. The molecule has 1 aromatic rings. The van der Waals surface area contributed by atoms with Gasteiger partial charge in [-0.25, -0.2) is 4.79 Å². The van der Waals surface area contributed by atoms with Crippen molar-refractivity contribution in [3.05, 3.63) is 35.9 Å². The molecule has 0 spiro atoms. The lowest BCUT2D eigenvalue weighted by atomic mass is 9.64. The molecule has 0 unspecified atom stereocenters. The first kappa shape index (κ1) is 15.8. The van der Waals surface area contributed by atoms with Crippen molar-refractivity contribution >= 4 is 12.1 Å². The molecule has 1 saturated heterocycles. The zero-order chi connectivity index (χ0) is 16.4. The van der Waals surface area contributed by atoms with Crippen molar-refractivity contribution in [2.75, 3.05) is 13.7 Å². The molecule has 124 valence electrons. The number of amides is 1. The third kappa shape index (κ3) is 2.91. The summed E-state index contributed by atoms with van der Waals surface area (Å²) in [6.45, 7) is 0.839. The number of carbonyl (C=O) groups excluding carboxylic acids is 1. The van der Waals surface area contributed by atoms with E-state index >= 15 is 0 Å². The quantitative estimate of drug-likeness (QED) is 0.901. The molecule has 0 bridgehead atoms. The van der Waals surface area contributed by atoms with Crippen LogP contribution in [0.1, 0.15) is 24.8 Å². The molecule has 1 saturated carbocycles. The second-order valence-corrected chi connectivity index (χ2v) is 6.24. The minimum absolute atomic E-state index is 0.0163. The Labute approximate surface area is 135 Å². The highest BCUT2D eigenvalue weighted by Crippen LogP contribution is 2.52. The van der Waals surface area contributed by atoms with Gasteiger partial charge in [-0.2, -0.15) is 0 Å². The number of aliphatic carboxylic acids is 1. The lowest BCUT2D eigenvalue weighted by molar-refractivity contribution is -0.170. The fourth-order valence-electron chi connectivity index (χ4n) is 3.86. The smallest absolute Gasteiger partial charge is 0.410 e. The summed E-state index contributed by atoms with van der Waals surface area (Å²) in [6, 6.07) is 9.56. The van der Waals surface area contributed by atoms with Gasteiger partial charge in [0, 0.05) is 25.6 Å². The molecule has 0 aromatic heterocycles. The number of carboxylic acid groups (broad SMARTS) is 1. The van der Waals surface area contributed by atoms with E-state index in [1.165, 1.54) is 0 Å². The summed E-state index contributed by atoms with van der Waals surface area (Å²) >= 11 is 0. The average molecular weight is 319 g/mol. The average Bonchev–Trinajstić information content (AvgIpc) is 2.89. The number of likely N-dealkylation sites (tertiary alicyclic amines) is 1. The minimum atomic E-state index is -0.865. The van der Waals surface area contributed by atoms with Crippen LogP contribution in [-0.2, 0) is 20.9 Å². The molecule has 1 aliphatic heterocycles. The van der Waals surface area contributed by atoms with Crippen molar-refractivity contribution in [2.45, 2.75) is 37.5 Å². The molecule has 1 N–H and O–H groups in total. The Balaban J connectivity index is 1.57. The zero-order valence-corrected chi connectivity index (χ0v) is 13.1. The minimum Gasteiger partial charge on any atom is -0.481 e. The largest absolute Gasteiger partial charge is 0.481 e. The van der Waals surface area contributed by atoms with E-state index in [1.54, 1.807) is 12.0 Å². The van der Waals surface area contributed by atoms with Crippen molar-refractivity contribution in [2.24, 2.45) is 5.92 Å². The van der Waals surface area contributed by atoms with Crippen LogP contribution in [0.5, 0.6) is 0 Å². The first-order valence-corrected chi connectivity index (χ1v) is 7.80. The number of carbonyl (C=O) groups is 2. The molecular formula is C17H21NO5. The van der Waals surface area contributed by atoms with Gasteiger partial charge < -0.3 is 19.5 Å². The van der Waals surface area contributed by atoms with Crippen LogP contribution in [-0.4, -0.2) is 47.4 Å². The monoisotopic (exact) mass is 319 g/mol. The van der Waals surface area contributed by atoms with Crippen molar-refractivity contribution in [3.63, 3.8) is 0 Å². The summed E-state index contributed by atoms with van der Waals surface area (Å²) in [5, 5.41) is 9.07. The van der Waals surface area contributed by atoms with Gasteiger partial charge >= 0.3 is 12.1 Å². The number of methoxy groups -OCH3 is 1. The van der Waals surface area contributed by atoms with Gasteiger partial charge in [-0.1, -0.05) is 30.3 Å². The van der Waals surface area contributed by atoms with E-state index in [9.17, 15) is 9.59 Å². The molecule has 6 nitrogen and oxygen atoms in total. The fraction of sp³-hybridized carbons (Fsp3) is 0.529. The molecule has 3 atom stereocenters. The Bertz CT molecular complexity index is 590. The summed E-state index contributed by atoms with van der Waals surface area (Å²) < 4.78 is 10.9. The van der Waals surface area contributed by atoms with Crippen LogP contribution in [0, 0.1) is 5.92 Å². The van der Waals surface area contributed by atoms with E-state index in [1.807, 2.05) is 30.3 Å². The predicted octanol–water partition coefficient (Wildman–Crippen LogP) is 2.28. The number of ether oxygens (including phenoxy) is 2. The Morgan fingerprint density at radius 3 is 2.74 bits per heavy atom. The third-order valence-electron chi connectivity index (χ3n) is 5.07. The lowest BCUT2D eigenvalue weighted by Gasteiger charge is -2.51. The molecule has 1 amide bonds. The number of hydrogen-bond acceptors (Lipinski definition) is 4. The Morgan fingerprint density at radius 1 is 1.35 bits per heavy atom. The number of fused-ring (bicyclic) bond motifs is 1. The molecule has 1 heterocycles. The molecule has 3 rings (SSSR count). The van der Waals surface area contributed by atoms with Crippen LogP contribution < -0.4 is 0 Å². The van der Waals surface area contributed by atoms with Crippen LogP contribution in [0.25, 0.3) is 0 Å². The van der Waals surface area contributed by atoms with E-state index < -0.39 is 11.6 Å². The van der Waals surface area contributed by atoms with Gasteiger partial charge in [-0.15, -0.1) is 0 Å². The van der Waals surface area contributed by atoms with Gasteiger partial charge in [0.05, 0.1) is 12.0 Å². The van der Waals surface area contributed by atoms with Gasteiger partial charge in [0.25, 0.3) is 0 Å². The summed E-state index contributed by atoms with van der Waals surface area (Å²) in [5.74, 6) is -0.789. The van der Waals surface area contributed by atoms with Gasteiger partial charge in [0.2, 0.25) is 0 Å². The predicted molar refractivity (Wildman–Crippen MR) is 81.8 cm³/mol. The molecule has 2 aliphatic rings. The highest BCUT2D eigenvalue weighted by Gasteiger charge is 2.61. The molecule has 6 heteroatoms. The number of benzene rings is 1. The second kappa shape index (κ2) is 6.20. The summed E-state index contributed by atoms with van der Waals surface area (Å²) in [4.78, 5) is 25.0. The zero-order valence-electron chi connectivity index (χ0n) is 13.1. The Hall–Kier alpha value is -2.08. The maximum atomic E-state index is 12.3. The van der Waals surface area contributed by atoms with Crippen LogP contribution in [0.3, 0.4) is 0 Å². The number of nitrogens with zero attached hydrogens (tertiary/aromatic N) is 1. The van der Waals surface area contributed by atoms with Crippen molar-refractivity contribution in [1.29, 1.82) is 0 Å². The normalized spacial score (nSPS) is 28.8. The topological polar surface area (TPSA) is 76.1 Å². The summed E-state index contributed by atoms with van der Waals surface area (Å²) in [6.07, 6.45) is 0.964. The van der Waals surface area contributed by atoms with Crippen LogP contribution in [0.2, 0.25) is 0 Å². The molecule has 0 radical (unpaired) electrons. The van der Waals surface area contributed by atoms with E-state index in [0.29, 0.717) is 13.0 Å². The van der Waals surface area contributed by atoms with Crippen LogP contribution >= 0.6 is 0 Å². The standard InChI is InChI=1S/C17H21NO5/c1-22-17(10-15(19)20)9-14-13(17)7-8-18(14)16(21)23-11-12-5-3-2-4-6-12/h2-6,13-14H,7-11H2,1H3,(H,19,20)/t13-,14-,17+/m1/s1. The maximum Gasteiger partial charge on any atom is 0.410 e. The first-order chi connectivity index (χ1) is 11.1. The van der Waals surface area contributed by atoms with E-state index in [0.717, 1.165) is 12.0 Å². The Morgan fingerprint density at radius 2 is 2.09 bits per heavy atom. The highest BCUT2D eigenvalue weighted by atomic mass is 16.6. The van der Waals surface area contributed by atoms with Crippen molar-refractivity contribution in [3.8, 4) is 0 Å². The number of carboxylic acids is 1. The molecule has 2 fully saturated rings. The maximum absolute atomic E-state index is 12.3. The molecular weight excluding hydrogens is 298 g/mol. The highest BCUT2D eigenvalue weighted by molar-refractivity contribution is 5.71. The number of rotatable bonds is 5. The lowest BCUT2D eigenvalue weighted by Crippen LogP contribution is -2.61. The second-order valence-electron chi connectivity index (χ2n) is 6.24. The van der Waals surface area contributed by atoms with E-state index in [-0.39, 0.29) is 31.1 Å². The van der Waals surface area contributed by atoms with Gasteiger partial charge in [-0.05, 0) is 18.4 Å². The van der Waals surface area contributed by atoms with Gasteiger partial charge in [0.15, 0.2) is 0 Å². The van der Waals surface area contributed by atoms with Crippen LogP contribution in [0.15, 0.2) is 30.3 Å². The Kier molecular flexibility index (Phi) is 4.26. The summed E-state index contributed by atoms with van der Waals surface area (Å²) in [5.41, 5.74) is 0.313. The SMILES string of the molecule is CO[C@]1(CC(=O)O)C[C@@H]2[C@H]1CCN2C(=O)OCc1ccccc1.